The smallest absolute Gasteiger partial charge is 0.123 e. The van der Waals surface area contributed by atoms with Crippen LogP contribution in [-0.2, 0) is 0 Å². The van der Waals surface area contributed by atoms with E-state index in [2.05, 4.69) is 41.2 Å². The Bertz CT molecular complexity index is 1630. The van der Waals surface area contributed by atoms with Gasteiger partial charge in [0.1, 0.15) is 11.5 Å². The highest BCUT2D eigenvalue weighted by atomic mass is 16.3. The Morgan fingerprint density at radius 2 is 1.43 bits per heavy atom. The molecule has 1 aliphatic heterocycles. The van der Waals surface area contributed by atoms with Crippen LogP contribution in [0.25, 0.3) is 22.3 Å². The van der Waals surface area contributed by atoms with Crippen molar-refractivity contribution in [2.24, 2.45) is 4.99 Å². The van der Waals surface area contributed by atoms with Crippen molar-refractivity contribution in [1.82, 2.24) is 0 Å². The van der Waals surface area contributed by atoms with E-state index in [1.165, 1.54) is 0 Å². The minimum atomic E-state index is 0.101. The van der Waals surface area contributed by atoms with Gasteiger partial charge in [-0.1, -0.05) is 78.9 Å². The van der Waals surface area contributed by atoms with Gasteiger partial charge in [0.2, 0.25) is 0 Å². The lowest BCUT2D eigenvalue weighted by Gasteiger charge is -2.30. The van der Waals surface area contributed by atoms with Crippen LogP contribution in [0.4, 0.5) is 11.4 Å². The third kappa shape index (κ3) is 5.97. The largest absolute Gasteiger partial charge is 0.507 e. The van der Waals surface area contributed by atoms with Crippen LogP contribution in [0.1, 0.15) is 13.8 Å². The molecule has 0 aromatic heterocycles. The minimum absolute atomic E-state index is 0.101. The molecule has 40 heavy (non-hydrogen) atoms. The molecule has 4 heteroatoms. The maximum absolute atomic E-state index is 10.5. The van der Waals surface area contributed by atoms with Gasteiger partial charge in [-0.05, 0) is 84.7 Å². The molecule has 0 fully saturated rings. The zero-order valence-corrected chi connectivity index (χ0v) is 22.6. The molecule has 2 N–H and O–H groups in total. The lowest BCUT2D eigenvalue weighted by molar-refractivity contribution is 0.477. The Labute approximate surface area is 235 Å². The molecule has 0 spiro atoms. The highest BCUT2D eigenvalue weighted by Gasteiger charge is 2.17. The average molecular weight is 525 g/mol. The van der Waals surface area contributed by atoms with E-state index in [-0.39, 0.29) is 17.5 Å². The Balaban J connectivity index is 1.37. The van der Waals surface area contributed by atoms with E-state index in [4.69, 9.17) is 0 Å². The molecule has 0 amide bonds. The molecule has 4 aromatic rings. The zero-order chi connectivity index (χ0) is 27.9. The summed E-state index contributed by atoms with van der Waals surface area (Å²) in [6.45, 7) is 4.16. The average Bonchev–Trinajstić information content (AvgIpc) is 2.99. The third-order valence-corrected chi connectivity index (χ3v) is 6.86. The Kier molecular flexibility index (Phi) is 8.07. The van der Waals surface area contributed by atoms with Crippen LogP contribution in [0.3, 0.4) is 0 Å². The normalized spacial score (nSPS) is 15.7. The van der Waals surface area contributed by atoms with Gasteiger partial charge < -0.3 is 15.1 Å². The van der Waals surface area contributed by atoms with Gasteiger partial charge in [0.25, 0.3) is 0 Å². The number of nitrogens with zero attached hydrogens (tertiary/aromatic N) is 2. The second kappa shape index (κ2) is 12.2. The van der Waals surface area contributed by atoms with E-state index in [1.54, 1.807) is 18.3 Å². The van der Waals surface area contributed by atoms with Crippen molar-refractivity contribution >= 4 is 17.6 Å². The molecule has 5 rings (SSSR count). The van der Waals surface area contributed by atoms with Gasteiger partial charge in [-0.15, -0.1) is 0 Å². The van der Waals surface area contributed by atoms with E-state index in [0.717, 1.165) is 44.8 Å². The monoisotopic (exact) mass is 524 g/mol. The van der Waals surface area contributed by atoms with Crippen molar-refractivity contribution in [3.05, 3.63) is 145 Å². The van der Waals surface area contributed by atoms with Gasteiger partial charge in [-0.2, -0.15) is 0 Å². The molecular weight excluding hydrogens is 492 g/mol. The fourth-order valence-corrected chi connectivity index (χ4v) is 4.82. The number of aliphatic imine (C=N–C) groups is 1. The number of phenolic OH excluding ortho intramolecular Hbond substituents is 2. The molecule has 0 bridgehead atoms. The summed E-state index contributed by atoms with van der Waals surface area (Å²) in [5.74, 6) is 0.498. The van der Waals surface area contributed by atoms with Gasteiger partial charge >= 0.3 is 0 Å². The molecule has 0 radical (unpaired) electrons. The topological polar surface area (TPSA) is 56.1 Å². The Hall–Kier alpha value is -5.09. The maximum atomic E-state index is 10.5. The SMILES string of the molecule is C/C=C\C(=C/C=Nc1ccc(O)c(-c2ccccc2)c1)C1=CC(C)N(c2ccc(O)c(-c3ccccc3)c2)C=C1. The molecule has 0 saturated carbocycles. The number of hydrogen-bond donors (Lipinski definition) is 2. The first-order valence-corrected chi connectivity index (χ1v) is 13.4. The minimum Gasteiger partial charge on any atom is -0.507 e. The van der Waals surface area contributed by atoms with Crippen molar-refractivity contribution in [2.75, 3.05) is 4.90 Å². The first-order chi connectivity index (χ1) is 19.5. The van der Waals surface area contributed by atoms with Gasteiger partial charge in [0, 0.05) is 35.3 Å². The molecular formula is C36H32N2O2. The van der Waals surface area contributed by atoms with E-state index in [0.29, 0.717) is 0 Å². The van der Waals surface area contributed by atoms with Gasteiger partial charge in [0.15, 0.2) is 0 Å². The number of anilines is 1. The van der Waals surface area contributed by atoms with Crippen LogP contribution in [-0.4, -0.2) is 22.5 Å². The maximum Gasteiger partial charge on any atom is 0.123 e. The van der Waals surface area contributed by atoms with Crippen LogP contribution < -0.4 is 4.90 Å². The van der Waals surface area contributed by atoms with Crippen LogP contribution in [0, 0.1) is 0 Å². The molecule has 1 unspecified atom stereocenters. The second-order valence-corrected chi connectivity index (χ2v) is 9.62. The number of allylic oxidation sites excluding steroid dienone is 6. The molecule has 1 atom stereocenters. The van der Waals surface area contributed by atoms with Crippen LogP contribution in [0.2, 0.25) is 0 Å². The number of aromatic hydroxyl groups is 2. The first kappa shape index (κ1) is 26.5. The highest BCUT2D eigenvalue weighted by Crippen LogP contribution is 2.35. The van der Waals surface area contributed by atoms with Gasteiger partial charge in [-0.3, -0.25) is 4.99 Å². The highest BCUT2D eigenvalue weighted by molar-refractivity contribution is 5.81. The van der Waals surface area contributed by atoms with Crippen molar-refractivity contribution in [2.45, 2.75) is 19.9 Å². The van der Waals surface area contributed by atoms with E-state index in [1.807, 2.05) is 104 Å². The van der Waals surface area contributed by atoms with Crippen LogP contribution >= 0.6 is 0 Å². The molecule has 1 heterocycles. The molecule has 4 aromatic carbocycles. The van der Waals surface area contributed by atoms with Gasteiger partial charge in [0.05, 0.1) is 5.69 Å². The lowest BCUT2D eigenvalue weighted by atomic mass is 9.98. The van der Waals surface area contributed by atoms with E-state index in [9.17, 15) is 10.2 Å². The molecule has 1 aliphatic rings. The predicted octanol–water partition coefficient (Wildman–Crippen LogP) is 8.99. The Morgan fingerprint density at radius 1 is 0.800 bits per heavy atom. The Morgan fingerprint density at radius 3 is 2.05 bits per heavy atom. The van der Waals surface area contributed by atoms with E-state index < -0.39 is 0 Å². The van der Waals surface area contributed by atoms with Crippen LogP contribution in [0.5, 0.6) is 11.5 Å². The first-order valence-electron chi connectivity index (χ1n) is 13.4. The quantitative estimate of drug-likeness (QED) is 0.187. The van der Waals surface area contributed by atoms with Crippen molar-refractivity contribution in [1.29, 1.82) is 0 Å². The lowest BCUT2D eigenvalue weighted by Crippen LogP contribution is -2.28. The summed E-state index contributed by atoms with van der Waals surface area (Å²) in [7, 11) is 0. The third-order valence-electron chi connectivity index (χ3n) is 6.86. The summed E-state index contributed by atoms with van der Waals surface area (Å²) in [5, 5.41) is 20.8. The number of rotatable bonds is 7. The molecule has 198 valence electrons. The summed E-state index contributed by atoms with van der Waals surface area (Å²) in [6, 6.07) is 30.9. The fraction of sp³-hybridized carbons (Fsp3) is 0.0833. The van der Waals surface area contributed by atoms with E-state index >= 15 is 0 Å². The number of benzene rings is 4. The summed E-state index contributed by atoms with van der Waals surface area (Å²) < 4.78 is 0. The van der Waals surface area contributed by atoms with Crippen LogP contribution in [0.15, 0.2) is 150 Å². The number of phenols is 2. The zero-order valence-electron chi connectivity index (χ0n) is 22.6. The standard InChI is InChI=1S/C36H32N2O2/c1-3-10-27(19-21-37-31-15-17-35(39)33(24-31)28-11-6-4-7-12-28)30-20-22-38(26(2)23-30)32-16-18-36(40)34(25-32)29-13-8-5-9-14-29/h3-26,39-40H,1-2H3/b10-3-,27-19+,37-21?. The molecule has 0 saturated heterocycles. The second-order valence-electron chi connectivity index (χ2n) is 9.62. The van der Waals surface area contributed by atoms with Crippen molar-refractivity contribution < 1.29 is 10.2 Å². The molecule has 4 nitrogen and oxygen atoms in total. The predicted molar refractivity (Wildman–Crippen MR) is 167 cm³/mol. The summed E-state index contributed by atoms with van der Waals surface area (Å²) in [4.78, 5) is 6.84. The van der Waals surface area contributed by atoms with Crippen molar-refractivity contribution in [3.63, 3.8) is 0 Å². The summed E-state index contributed by atoms with van der Waals surface area (Å²) in [5.41, 5.74) is 7.42. The van der Waals surface area contributed by atoms with Crippen molar-refractivity contribution in [3.8, 4) is 33.8 Å². The summed E-state index contributed by atoms with van der Waals surface area (Å²) >= 11 is 0. The van der Waals surface area contributed by atoms with Gasteiger partial charge in [-0.25, -0.2) is 0 Å². The summed E-state index contributed by atoms with van der Waals surface area (Å²) in [6.07, 6.45) is 14.3. The fourth-order valence-electron chi connectivity index (χ4n) is 4.82. The molecule has 0 aliphatic carbocycles. The number of hydrogen-bond acceptors (Lipinski definition) is 4.